The molecule has 0 radical (unpaired) electrons. The molecule has 1 aliphatic rings. The van der Waals surface area contributed by atoms with Crippen LogP contribution in [0.3, 0.4) is 0 Å². The van der Waals surface area contributed by atoms with E-state index in [1.165, 1.54) is 0 Å². The van der Waals surface area contributed by atoms with Crippen molar-refractivity contribution in [3.8, 4) is 0 Å². The molecule has 1 rings (SSSR count). The Morgan fingerprint density at radius 1 is 0.520 bits per heavy atom. The second-order valence-electron chi connectivity index (χ2n) is 4.25. The van der Waals surface area contributed by atoms with Crippen LogP contribution in [-0.4, -0.2) is 47.7 Å². The van der Waals surface area contributed by atoms with E-state index in [-0.39, 0.29) is 0 Å². The molecule has 0 heterocycles. The Bertz CT molecular complexity index is 495. The van der Waals surface area contributed by atoms with Gasteiger partial charge in [-0.1, -0.05) is 0 Å². The first-order valence-electron chi connectivity index (χ1n) is 4.98. The molecule has 1 saturated carbocycles. The molecular formula is C8F16O. The minimum absolute atomic E-state index is 2.83. The Morgan fingerprint density at radius 3 is 0.840 bits per heavy atom. The summed E-state index contributed by atoms with van der Waals surface area (Å²) in [4.78, 5) is 8.11. The van der Waals surface area contributed by atoms with Gasteiger partial charge in [-0.2, -0.15) is 57.1 Å². The summed E-state index contributed by atoms with van der Waals surface area (Å²) in [7, 11) is 0. The van der Waals surface area contributed by atoms with Gasteiger partial charge in [-0.05, 0) is 0 Å². The van der Waals surface area contributed by atoms with E-state index < -0.39 is 47.7 Å². The second kappa shape index (κ2) is 5.52. The maximum Gasteiger partial charge on any atom is 0.483 e. The van der Waals surface area contributed by atoms with Gasteiger partial charge in [0.25, 0.3) is 0 Å². The molecule has 25 heavy (non-hydrogen) atoms. The molecule has 0 aromatic rings. The summed E-state index contributed by atoms with van der Waals surface area (Å²) in [6.45, 7) is 0. The Kier molecular flexibility index (Phi) is 5.20. The molecule has 0 unspecified atom stereocenters. The van der Waals surface area contributed by atoms with Gasteiger partial charge in [0.1, 0.15) is 0 Å². The smallest absolute Gasteiger partial charge is 0.219 e. The molecule has 1 nitrogen and oxygen atoms in total. The maximum absolute atomic E-state index is 13.1. The molecule has 17 heteroatoms. The van der Waals surface area contributed by atoms with Crippen molar-refractivity contribution in [3.05, 3.63) is 0 Å². The Labute approximate surface area is 124 Å². The van der Waals surface area contributed by atoms with E-state index in [4.69, 9.17) is 4.79 Å². The van der Waals surface area contributed by atoms with Crippen molar-refractivity contribution in [3.63, 3.8) is 0 Å². The maximum atomic E-state index is 13.1. The number of carbonyl (C=O) groups is 1. The van der Waals surface area contributed by atoms with Gasteiger partial charge >= 0.3 is 47.7 Å². The van der Waals surface area contributed by atoms with Crippen LogP contribution in [0.15, 0.2) is 0 Å². The van der Waals surface area contributed by atoms with E-state index in [1.807, 2.05) is 0 Å². The summed E-state index contributed by atoms with van der Waals surface area (Å²) in [5.41, 5.74) is -7.91. The van der Waals surface area contributed by atoms with Crippen LogP contribution in [0.1, 0.15) is 0 Å². The fraction of sp³-hybridized carbons (Fsp3) is 0.875. The van der Waals surface area contributed by atoms with Crippen LogP contribution in [0.2, 0.25) is 0 Å². The minimum Gasteiger partial charge on any atom is -0.219 e. The SMILES string of the molecule is FC(F)(F)C1(F)C(F)(F)C(F)(F)C(F)(F)C(F)(F)C1(F)F.O=C(F)F. The molecule has 0 bridgehead atoms. The van der Waals surface area contributed by atoms with Gasteiger partial charge < -0.3 is 0 Å². The molecule has 0 amide bonds. The predicted molar refractivity (Wildman–Crippen MR) is 42.2 cm³/mol. The fourth-order valence-corrected chi connectivity index (χ4v) is 1.58. The van der Waals surface area contributed by atoms with Crippen LogP contribution in [-0.2, 0) is 0 Å². The summed E-state index contributed by atoms with van der Waals surface area (Å²) in [6, 6.07) is 0. The molecule has 0 N–H and O–H groups in total. The monoisotopic (exact) mass is 416 g/mol. The molecule has 0 aliphatic heterocycles. The lowest BCUT2D eigenvalue weighted by Crippen LogP contribution is -2.86. The van der Waals surface area contributed by atoms with E-state index in [2.05, 4.69) is 0 Å². The third kappa shape index (κ3) is 2.51. The van der Waals surface area contributed by atoms with Crippen LogP contribution in [0.25, 0.3) is 0 Å². The number of alkyl halides is 14. The van der Waals surface area contributed by atoms with Gasteiger partial charge in [-0.15, -0.1) is 8.78 Å². The van der Waals surface area contributed by atoms with Gasteiger partial charge in [-0.3, -0.25) is 0 Å². The zero-order valence-corrected chi connectivity index (χ0v) is 10.5. The minimum atomic E-state index is -7.91. The lowest BCUT2D eigenvalue weighted by atomic mass is 9.72. The summed E-state index contributed by atoms with van der Waals surface area (Å²) >= 11 is 0. The third-order valence-corrected chi connectivity index (χ3v) is 2.83. The van der Waals surface area contributed by atoms with Crippen molar-refractivity contribution >= 4 is 6.29 Å². The molecule has 1 fully saturated rings. The molecule has 0 saturated heterocycles. The number of halogens is 16. The average Bonchev–Trinajstić information content (AvgIpc) is 2.33. The van der Waals surface area contributed by atoms with Gasteiger partial charge in [-0.25, -0.2) is 9.18 Å². The quantitative estimate of drug-likeness (QED) is 0.377. The van der Waals surface area contributed by atoms with Crippen molar-refractivity contribution in [2.45, 2.75) is 41.5 Å². The molecule has 0 aromatic carbocycles. The van der Waals surface area contributed by atoms with E-state index in [0.29, 0.717) is 0 Å². The first kappa shape index (κ1) is 23.5. The fourth-order valence-electron chi connectivity index (χ4n) is 1.58. The predicted octanol–water partition coefficient (Wildman–Crippen LogP) is 5.49. The van der Waals surface area contributed by atoms with Crippen LogP contribution >= 0.6 is 0 Å². The normalized spacial score (nSPS) is 27.7. The van der Waals surface area contributed by atoms with E-state index in [0.717, 1.165) is 0 Å². The number of rotatable bonds is 0. The second-order valence-corrected chi connectivity index (χ2v) is 4.25. The Balaban J connectivity index is 0.00000129. The molecule has 0 spiro atoms. The van der Waals surface area contributed by atoms with Crippen molar-refractivity contribution in [1.29, 1.82) is 0 Å². The molecule has 150 valence electrons. The van der Waals surface area contributed by atoms with Gasteiger partial charge in [0, 0.05) is 0 Å². The van der Waals surface area contributed by atoms with E-state index in [9.17, 15) is 70.2 Å². The highest BCUT2D eigenvalue weighted by Gasteiger charge is 3.05. The lowest BCUT2D eigenvalue weighted by molar-refractivity contribution is -0.515. The Hall–Kier alpha value is -1.45. The Morgan fingerprint density at radius 2 is 0.680 bits per heavy atom. The standard InChI is InChI=1S/C7F14.CF2O/c8-1(7(19,20)21)2(9,10)4(13,14)6(17,18)5(15,16)3(1,11)12;2-1(3)4. The highest BCUT2D eigenvalue weighted by molar-refractivity contribution is 5.55. The third-order valence-electron chi connectivity index (χ3n) is 2.83. The zero-order chi connectivity index (χ0) is 21.1. The molecule has 1 aliphatic carbocycles. The van der Waals surface area contributed by atoms with Gasteiger partial charge in [0.2, 0.25) is 0 Å². The first-order chi connectivity index (χ1) is 10.5. The van der Waals surface area contributed by atoms with Crippen LogP contribution in [0.4, 0.5) is 75.0 Å². The first-order valence-corrected chi connectivity index (χ1v) is 4.98. The van der Waals surface area contributed by atoms with E-state index in [1.54, 1.807) is 0 Å². The topological polar surface area (TPSA) is 17.1 Å². The number of hydrogen-bond acceptors (Lipinski definition) is 1. The highest BCUT2D eigenvalue weighted by Crippen LogP contribution is 2.72. The van der Waals surface area contributed by atoms with Crippen LogP contribution in [0, 0.1) is 0 Å². The number of carbonyl (C=O) groups excluding carboxylic acids is 1. The summed E-state index contributed by atoms with van der Waals surface area (Å²) < 4.78 is 195. The number of hydrogen-bond donors (Lipinski definition) is 0. The summed E-state index contributed by atoms with van der Waals surface area (Å²) in [5, 5.41) is 0. The molecule has 0 aromatic heterocycles. The average molecular weight is 416 g/mol. The van der Waals surface area contributed by atoms with Gasteiger partial charge in [0.15, 0.2) is 0 Å². The molecular weight excluding hydrogens is 416 g/mol. The lowest BCUT2D eigenvalue weighted by Gasteiger charge is -2.52. The molecule has 0 atom stereocenters. The van der Waals surface area contributed by atoms with Crippen molar-refractivity contribution < 1.29 is 75.0 Å². The van der Waals surface area contributed by atoms with Crippen LogP contribution < -0.4 is 0 Å². The van der Waals surface area contributed by atoms with Crippen molar-refractivity contribution in [2.75, 3.05) is 0 Å². The van der Waals surface area contributed by atoms with Crippen molar-refractivity contribution in [2.24, 2.45) is 0 Å². The summed E-state index contributed by atoms with van der Waals surface area (Å²) in [6.07, 6.45) is -10.5. The largest absolute Gasteiger partial charge is 0.483 e. The van der Waals surface area contributed by atoms with Gasteiger partial charge in [0.05, 0.1) is 0 Å². The summed E-state index contributed by atoms with van der Waals surface area (Å²) in [5.74, 6) is -38.9. The van der Waals surface area contributed by atoms with Crippen molar-refractivity contribution in [1.82, 2.24) is 0 Å². The zero-order valence-electron chi connectivity index (χ0n) is 10.5. The highest BCUT2D eigenvalue weighted by atomic mass is 19.4. The van der Waals surface area contributed by atoms with E-state index >= 15 is 0 Å². The van der Waals surface area contributed by atoms with Crippen LogP contribution in [0.5, 0.6) is 0 Å².